The fraction of sp³-hybridized carbons (Fsp3) is 0.250. The van der Waals surface area contributed by atoms with E-state index in [0.29, 0.717) is 0 Å². The Morgan fingerprint density at radius 2 is 0.983 bits per heavy atom. The average molecular weight is 757 g/mol. The largest absolute Gasteiger partial charge is 0.311 e. The second-order valence-corrected chi connectivity index (χ2v) is 19.6. The van der Waals surface area contributed by atoms with Gasteiger partial charge in [-0.05, 0) is 172 Å². The van der Waals surface area contributed by atoms with Gasteiger partial charge in [-0.3, -0.25) is 0 Å². The molecule has 6 atom stereocenters. The van der Waals surface area contributed by atoms with Gasteiger partial charge in [0.15, 0.2) is 0 Å². The molecule has 59 heavy (non-hydrogen) atoms. The zero-order chi connectivity index (χ0) is 38.2. The standard InChI is InChI=1S/C56H45BN2/c1-2-11-38(12-3-1)58-50-18-9-8-17-48(50)57-49-31-47-43(41-14-5-7-16-45(41)56(47)33-35-22-24-37(56)28-35)30-53(49)59(52-20-10-19-51(58)54(52)57)39-25-26-46-42(29-39)40-13-4-6-15-44(40)55(46)32-34-21-23-36(55)27-34/h1-20,25-26,29-31,34-37H,21-24,27-28,32-33H2/t34?,35-,36?,37+,55+,56-/m0/s1. The number of rotatable bonds is 2. The first-order valence-corrected chi connectivity index (χ1v) is 22.6. The van der Waals surface area contributed by atoms with Crippen LogP contribution in [0.4, 0.5) is 34.1 Å². The van der Waals surface area contributed by atoms with Crippen molar-refractivity contribution in [2.75, 3.05) is 9.80 Å². The van der Waals surface area contributed by atoms with E-state index in [2.05, 4.69) is 161 Å². The van der Waals surface area contributed by atoms with Crippen molar-refractivity contribution in [1.82, 2.24) is 0 Å². The van der Waals surface area contributed by atoms with Crippen LogP contribution in [0.1, 0.15) is 73.6 Å². The molecule has 4 bridgehead atoms. The van der Waals surface area contributed by atoms with Crippen molar-refractivity contribution in [1.29, 1.82) is 0 Å². The topological polar surface area (TPSA) is 6.48 Å². The summed E-state index contributed by atoms with van der Waals surface area (Å²) in [5.74, 6) is 3.17. The van der Waals surface area contributed by atoms with E-state index in [0.717, 1.165) is 23.7 Å². The highest BCUT2D eigenvalue weighted by molar-refractivity contribution is 7.00. The second kappa shape index (κ2) is 11.1. The van der Waals surface area contributed by atoms with Crippen molar-refractivity contribution in [3.63, 3.8) is 0 Å². The number of fused-ring (bicyclic) bond motifs is 20. The fourth-order valence-corrected chi connectivity index (χ4v) is 15.4. The Morgan fingerprint density at radius 1 is 0.407 bits per heavy atom. The van der Waals surface area contributed by atoms with Crippen LogP contribution in [-0.4, -0.2) is 6.71 Å². The van der Waals surface area contributed by atoms with E-state index in [-0.39, 0.29) is 17.5 Å². The van der Waals surface area contributed by atoms with Crippen LogP contribution in [0.3, 0.4) is 0 Å². The van der Waals surface area contributed by atoms with Gasteiger partial charge in [-0.25, -0.2) is 0 Å². The minimum absolute atomic E-state index is 0.116. The molecule has 2 nitrogen and oxygen atoms in total. The van der Waals surface area contributed by atoms with Gasteiger partial charge >= 0.3 is 0 Å². The van der Waals surface area contributed by atoms with E-state index < -0.39 is 0 Å². The highest BCUT2D eigenvalue weighted by atomic mass is 15.2. The molecule has 0 saturated heterocycles. The lowest BCUT2D eigenvalue weighted by atomic mass is 9.33. The summed E-state index contributed by atoms with van der Waals surface area (Å²) >= 11 is 0. The minimum Gasteiger partial charge on any atom is -0.311 e. The third-order valence-electron chi connectivity index (χ3n) is 17.4. The quantitative estimate of drug-likeness (QED) is 0.162. The van der Waals surface area contributed by atoms with Crippen LogP contribution in [0.5, 0.6) is 0 Å². The van der Waals surface area contributed by atoms with Crippen LogP contribution >= 0.6 is 0 Å². The zero-order valence-electron chi connectivity index (χ0n) is 33.4. The summed E-state index contributed by atoms with van der Waals surface area (Å²) < 4.78 is 0. The Morgan fingerprint density at radius 3 is 1.66 bits per heavy atom. The summed E-state index contributed by atoms with van der Waals surface area (Å²) in [4.78, 5) is 5.22. The van der Waals surface area contributed by atoms with Crippen molar-refractivity contribution in [3.05, 3.63) is 174 Å². The summed E-state index contributed by atoms with van der Waals surface area (Å²) in [6.07, 6.45) is 10.9. The molecule has 0 amide bonds. The molecule has 6 aliphatic carbocycles. The minimum atomic E-state index is 0.116. The van der Waals surface area contributed by atoms with Crippen LogP contribution in [-0.2, 0) is 10.8 Å². The van der Waals surface area contributed by atoms with E-state index >= 15 is 0 Å². The smallest absolute Gasteiger partial charge is 0.252 e. The first-order valence-electron chi connectivity index (χ1n) is 22.6. The highest BCUT2D eigenvalue weighted by Crippen LogP contribution is 2.68. The maximum atomic E-state index is 2.75. The Hall–Kier alpha value is -5.80. The molecular formula is C56H45BN2. The van der Waals surface area contributed by atoms with E-state index in [4.69, 9.17) is 0 Å². The van der Waals surface area contributed by atoms with Gasteiger partial charge in [0.05, 0.1) is 0 Å². The van der Waals surface area contributed by atoms with E-state index in [1.54, 1.807) is 22.3 Å². The summed E-state index contributed by atoms with van der Waals surface area (Å²) in [7, 11) is 0. The van der Waals surface area contributed by atoms with Crippen molar-refractivity contribution in [3.8, 4) is 22.3 Å². The summed E-state index contributed by atoms with van der Waals surface area (Å²) in [5, 5.41) is 0. The van der Waals surface area contributed by atoms with Gasteiger partial charge in [-0.2, -0.15) is 0 Å². The molecule has 282 valence electrons. The van der Waals surface area contributed by atoms with Gasteiger partial charge in [-0.15, -0.1) is 0 Å². The maximum absolute atomic E-state index is 2.75. The number of nitrogens with zero attached hydrogens (tertiary/aromatic N) is 2. The van der Waals surface area contributed by atoms with Crippen LogP contribution < -0.4 is 26.2 Å². The molecule has 4 fully saturated rings. The molecule has 3 heteroatoms. The normalized spacial score (nSPS) is 27.5. The molecule has 0 radical (unpaired) electrons. The van der Waals surface area contributed by atoms with E-state index in [9.17, 15) is 0 Å². The third-order valence-corrected chi connectivity index (χ3v) is 17.4. The molecule has 8 aliphatic rings. The number of hydrogen-bond donors (Lipinski definition) is 0. The number of hydrogen-bond acceptors (Lipinski definition) is 2. The molecule has 4 saturated carbocycles. The Bertz CT molecular complexity index is 2990. The highest BCUT2D eigenvalue weighted by Gasteiger charge is 2.59. The predicted octanol–water partition coefficient (Wildman–Crippen LogP) is 11.9. The molecule has 0 aromatic heterocycles. The van der Waals surface area contributed by atoms with Gasteiger partial charge < -0.3 is 9.80 Å². The van der Waals surface area contributed by atoms with Crippen molar-refractivity contribution in [2.24, 2.45) is 23.7 Å². The first-order chi connectivity index (χ1) is 29.2. The van der Waals surface area contributed by atoms with Crippen LogP contribution in [0.25, 0.3) is 22.3 Å². The number of benzene rings is 7. The fourth-order valence-electron chi connectivity index (χ4n) is 15.4. The molecule has 7 aromatic rings. The zero-order valence-corrected chi connectivity index (χ0v) is 33.4. The lowest BCUT2D eigenvalue weighted by Gasteiger charge is -2.45. The molecule has 2 unspecified atom stereocenters. The summed E-state index contributed by atoms with van der Waals surface area (Å²) in [6, 6.07) is 59.6. The van der Waals surface area contributed by atoms with E-state index in [1.165, 1.54) is 124 Å². The lowest BCUT2D eigenvalue weighted by Crippen LogP contribution is -2.61. The van der Waals surface area contributed by atoms with Gasteiger partial charge in [-0.1, -0.05) is 116 Å². The molecular weight excluding hydrogens is 711 g/mol. The molecule has 2 aliphatic heterocycles. The van der Waals surface area contributed by atoms with Crippen LogP contribution in [0.2, 0.25) is 0 Å². The number of anilines is 6. The van der Waals surface area contributed by atoms with Crippen LogP contribution in [0.15, 0.2) is 152 Å². The van der Waals surface area contributed by atoms with Gasteiger partial charge in [0, 0.05) is 45.0 Å². The van der Waals surface area contributed by atoms with Crippen molar-refractivity contribution >= 4 is 57.2 Å². The summed E-state index contributed by atoms with van der Waals surface area (Å²) in [6.45, 7) is 0.126. The third kappa shape index (κ3) is 3.80. The Balaban J connectivity index is 1.02. The van der Waals surface area contributed by atoms with E-state index in [1.807, 2.05) is 0 Å². The Labute approximate surface area is 347 Å². The summed E-state index contributed by atoms with van der Waals surface area (Å²) in [5.41, 5.74) is 24.5. The molecule has 15 rings (SSSR count). The second-order valence-electron chi connectivity index (χ2n) is 19.6. The monoisotopic (exact) mass is 756 g/mol. The van der Waals surface area contributed by atoms with Gasteiger partial charge in [0.1, 0.15) is 0 Å². The maximum Gasteiger partial charge on any atom is 0.252 e. The molecule has 7 aromatic carbocycles. The predicted molar refractivity (Wildman–Crippen MR) is 244 cm³/mol. The van der Waals surface area contributed by atoms with Crippen molar-refractivity contribution < 1.29 is 0 Å². The Kier molecular flexibility index (Phi) is 6.02. The van der Waals surface area contributed by atoms with Crippen LogP contribution in [0, 0.1) is 23.7 Å². The SMILES string of the molecule is c1ccc(N2c3ccccc3B3c4cc5c(cc4N(c4ccc6c(c4)-c4ccccc4[C@]64CC6CCC4C6)c4cccc2c43)-c2ccccc2[C@@]52C[C@H]3CC[C@@H]2C3)cc1. The lowest BCUT2D eigenvalue weighted by molar-refractivity contribution is 0.327. The molecule has 2 heterocycles. The number of para-hydroxylation sites is 2. The molecule has 0 N–H and O–H groups in total. The van der Waals surface area contributed by atoms with Gasteiger partial charge in [0.25, 0.3) is 6.71 Å². The molecule has 2 spiro atoms. The van der Waals surface area contributed by atoms with Crippen molar-refractivity contribution in [2.45, 2.75) is 62.2 Å². The first kappa shape index (κ1) is 32.1. The van der Waals surface area contributed by atoms with Gasteiger partial charge in [0.2, 0.25) is 0 Å². The average Bonchev–Trinajstić information content (AvgIpc) is 4.17.